The van der Waals surface area contributed by atoms with E-state index in [0.717, 1.165) is 56.6 Å². The Bertz CT molecular complexity index is 807. The van der Waals surface area contributed by atoms with Crippen LogP contribution in [0.5, 0.6) is 0 Å². The molecule has 3 rings (SSSR count). The van der Waals surface area contributed by atoms with Crippen molar-refractivity contribution in [1.82, 2.24) is 20.5 Å². The summed E-state index contributed by atoms with van der Waals surface area (Å²) in [5.41, 5.74) is 5.00. The zero-order chi connectivity index (χ0) is 20.6. The van der Waals surface area contributed by atoms with E-state index in [1.807, 2.05) is 6.20 Å². The van der Waals surface area contributed by atoms with Gasteiger partial charge >= 0.3 is 0 Å². The molecule has 2 heterocycles. The Morgan fingerprint density at radius 2 is 1.86 bits per heavy atom. The summed E-state index contributed by atoms with van der Waals surface area (Å²) >= 11 is 0. The summed E-state index contributed by atoms with van der Waals surface area (Å²) < 4.78 is 0. The van der Waals surface area contributed by atoms with Crippen LogP contribution in [0.25, 0.3) is 0 Å². The number of aliphatic imine (C=N–C) groups is 1. The Morgan fingerprint density at radius 3 is 2.52 bits per heavy atom. The lowest BCUT2D eigenvalue weighted by atomic mass is 10.1. The van der Waals surface area contributed by atoms with Gasteiger partial charge in [-0.2, -0.15) is 0 Å². The van der Waals surface area contributed by atoms with E-state index >= 15 is 0 Å². The number of hydrogen-bond donors (Lipinski definition) is 2. The van der Waals surface area contributed by atoms with Gasteiger partial charge in [0.15, 0.2) is 5.96 Å². The molecule has 0 unspecified atom stereocenters. The van der Waals surface area contributed by atoms with Gasteiger partial charge in [-0.3, -0.25) is 0 Å². The Kier molecular flexibility index (Phi) is 7.47. The number of nitrogens with zero attached hydrogens (tertiary/aromatic N) is 4. The molecule has 2 aromatic rings. The quantitative estimate of drug-likeness (QED) is 0.583. The van der Waals surface area contributed by atoms with Crippen molar-refractivity contribution in [3.05, 3.63) is 58.8 Å². The Labute approximate surface area is 175 Å². The molecule has 2 N–H and O–H groups in total. The van der Waals surface area contributed by atoms with Crippen molar-refractivity contribution < 1.29 is 0 Å². The van der Waals surface area contributed by atoms with Crippen LogP contribution in [0.4, 0.5) is 5.82 Å². The molecule has 0 radical (unpaired) electrons. The van der Waals surface area contributed by atoms with Crippen LogP contribution in [0.15, 0.2) is 41.5 Å². The molecule has 156 valence electrons. The van der Waals surface area contributed by atoms with Gasteiger partial charge in [-0.05, 0) is 50.6 Å². The fraction of sp³-hybridized carbons (Fsp3) is 0.478. The van der Waals surface area contributed by atoms with E-state index in [9.17, 15) is 0 Å². The minimum absolute atomic E-state index is 0.609. The number of rotatable bonds is 6. The van der Waals surface area contributed by atoms with Gasteiger partial charge in [0.2, 0.25) is 0 Å². The second kappa shape index (κ2) is 10.3. The predicted octanol–water partition coefficient (Wildman–Crippen LogP) is 2.71. The normalized spacial score (nSPS) is 15.4. The lowest BCUT2D eigenvalue weighted by Gasteiger charge is -2.33. The molecule has 0 bridgehead atoms. The molecule has 0 aliphatic carbocycles. The highest BCUT2D eigenvalue weighted by Crippen LogP contribution is 2.14. The number of nitrogens with one attached hydrogen (secondary N) is 2. The van der Waals surface area contributed by atoms with E-state index in [2.05, 4.69) is 83.6 Å². The Hall–Kier alpha value is -2.60. The van der Waals surface area contributed by atoms with Crippen molar-refractivity contribution in [1.29, 1.82) is 0 Å². The van der Waals surface area contributed by atoms with E-state index in [1.54, 1.807) is 0 Å². The highest BCUT2D eigenvalue weighted by Gasteiger charge is 2.14. The van der Waals surface area contributed by atoms with Gasteiger partial charge in [-0.15, -0.1) is 0 Å². The third-order valence-electron chi connectivity index (χ3n) is 5.34. The van der Waals surface area contributed by atoms with Crippen LogP contribution in [0.3, 0.4) is 0 Å². The third kappa shape index (κ3) is 6.19. The van der Waals surface area contributed by atoms with Crippen molar-refractivity contribution in [3.8, 4) is 0 Å². The maximum atomic E-state index is 4.73. The summed E-state index contributed by atoms with van der Waals surface area (Å²) in [5.74, 6) is 1.89. The van der Waals surface area contributed by atoms with E-state index in [0.29, 0.717) is 6.54 Å². The molecule has 1 aliphatic rings. The van der Waals surface area contributed by atoms with Crippen LogP contribution < -0.4 is 15.5 Å². The van der Waals surface area contributed by atoms with Crippen molar-refractivity contribution >= 4 is 11.8 Å². The highest BCUT2D eigenvalue weighted by molar-refractivity contribution is 5.79. The fourth-order valence-corrected chi connectivity index (χ4v) is 3.47. The SMILES string of the molecule is CCNC(=NCc1ccc(N2CCN(C)CC2)nc1)NCc1ccc(C)cc1C. The number of aromatic nitrogens is 1. The van der Waals surface area contributed by atoms with E-state index < -0.39 is 0 Å². The molecule has 1 aromatic carbocycles. The number of pyridine rings is 1. The van der Waals surface area contributed by atoms with Gasteiger partial charge in [0.25, 0.3) is 0 Å². The van der Waals surface area contributed by atoms with Crippen LogP contribution in [-0.2, 0) is 13.1 Å². The maximum absolute atomic E-state index is 4.73. The summed E-state index contributed by atoms with van der Waals surface area (Å²) in [6.45, 7) is 12.8. The number of aryl methyl sites for hydroxylation is 2. The topological polar surface area (TPSA) is 55.8 Å². The highest BCUT2D eigenvalue weighted by atomic mass is 15.3. The van der Waals surface area contributed by atoms with Gasteiger partial charge < -0.3 is 20.4 Å². The second-order valence-corrected chi connectivity index (χ2v) is 7.79. The number of piperazine rings is 1. The average Bonchev–Trinajstić information content (AvgIpc) is 2.72. The fourth-order valence-electron chi connectivity index (χ4n) is 3.47. The average molecular weight is 395 g/mol. The molecule has 6 nitrogen and oxygen atoms in total. The van der Waals surface area contributed by atoms with E-state index in [1.165, 1.54) is 16.7 Å². The summed E-state index contributed by atoms with van der Waals surface area (Å²) in [4.78, 5) is 14.1. The van der Waals surface area contributed by atoms with Gasteiger partial charge in [-0.25, -0.2) is 9.98 Å². The molecule has 1 saturated heterocycles. The number of guanidine groups is 1. The monoisotopic (exact) mass is 394 g/mol. The predicted molar refractivity (Wildman–Crippen MR) is 122 cm³/mol. The number of benzene rings is 1. The third-order valence-corrected chi connectivity index (χ3v) is 5.34. The minimum atomic E-state index is 0.609. The molecule has 1 aliphatic heterocycles. The minimum Gasteiger partial charge on any atom is -0.357 e. The molecule has 0 amide bonds. The number of anilines is 1. The van der Waals surface area contributed by atoms with Crippen LogP contribution in [-0.4, -0.2) is 55.6 Å². The molecule has 0 atom stereocenters. The second-order valence-electron chi connectivity index (χ2n) is 7.79. The first-order chi connectivity index (χ1) is 14.0. The molecule has 1 fully saturated rings. The molecular formula is C23H34N6. The van der Waals surface area contributed by atoms with Crippen molar-refractivity contribution in [3.63, 3.8) is 0 Å². The Morgan fingerprint density at radius 1 is 1.07 bits per heavy atom. The van der Waals surface area contributed by atoms with Crippen molar-refractivity contribution in [2.24, 2.45) is 4.99 Å². The van der Waals surface area contributed by atoms with Crippen LogP contribution >= 0.6 is 0 Å². The smallest absolute Gasteiger partial charge is 0.191 e. The standard InChI is InChI=1S/C23H34N6/c1-5-24-23(27-17-21-8-6-18(2)14-19(21)3)26-16-20-7-9-22(25-15-20)29-12-10-28(4)11-13-29/h6-9,14-15H,5,10-13,16-17H2,1-4H3,(H2,24,26,27). The number of likely N-dealkylation sites (N-methyl/N-ethyl adjacent to an activating group) is 1. The van der Waals surface area contributed by atoms with Gasteiger partial charge in [0.05, 0.1) is 6.54 Å². The largest absolute Gasteiger partial charge is 0.357 e. The summed E-state index contributed by atoms with van der Waals surface area (Å²) in [5, 5.41) is 6.77. The van der Waals surface area contributed by atoms with Crippen molar-refractivity contribution in [2.45, 2.75) is 33.9 Å². The first-order valence-electron chi connectivity index (χ1n) is 10.5. The summed E-state index contributed by atoms with van der Waals surface area (Å²) in [6.07, 6.45) is 1.95. The first kappa shape index (κ1) is 21.1. The van der Waals surface area contributed by atoms with E-state index in [4.69, 9.17) is 4.99 Å². The first-order valence-corrected chi connectivity index (χ1v) is 10.5. The molecule has 6 heteroatoms. The van der Waals surface area contributed by atoms with Gasteiger partial charge in [0.1, 0.15) is 5.82 Å². The Balaban J connectivity index is 1.57. The van der Waals surface area contributed by atoms with Crippen LogP contribution in [0, 0.1) is 13.8 Å². The summed E-state index contributed by atoms with van der Waals surface area (Å²) in [7, 11) is 2.17. The lowest BCUT2D eigenvalue weighted by molar-refractivity contribution is 0.312. The van der Waals surface area contributed by atoms with Crippen LogP contribution in [0.1, 0.15) is 29.2 Å². The van der Waals surface area contributed by atoms with Gasteiger partial charge in [-0.1, -0.05) is 29.8 Å². The van der Waals surface area contributed by atoms with Gasteiger partial charge in [0, 0.05) is 45.5 Å². The molecule has 1 aromatic heterocycles. The summed E-state index contributed by atoms with van der Waals surface area (Å²) in [6, 6.07) is 10.8. The zero-order valence-corrected chi connectivity index (χ0v) is 18.2. The van der Waals surface area contributed by atoms with E-state index in [-0.39, 0.29) is 0 Å². The molecule has 29 heavy (non-hydrogen) atoms. The number of hydrogen-bond acceptors (Lipinski definition) is 4. The molecule has 0 saturated carbocycles. The van der Waals surface area contributed by atoms with Crippen LogP contribution in [0.2, 0.25) is 0 Å². The maximum Gasteiger partial charge on any atom is 0.191 e. The lowest BCUT2D eigenvalue weighted by Crippen LogP contribution is -2.44. The zero-order valence-electron chi connectivity index (χ0n) is 18.2. The van der Waals surface area contributed by atoms with Crippen molar-refractivity contribution in [2.75, 3.05) is 44.7 Å². The molecule has 0 spiro atoms. The molecular weight excluding hydrogens is 360 g/mol.